The lowest BCUT2D eigenvalue weighted by atomic mass is 10.0. The predicted octanol–water partition coefficient (Wildman–Crippen LogP) is 0.771. The maximum Gasteiger partial charge on any atom is 0.263 e. The molecule has 1 saturated heterocycles. The topological polar surface area (TPSA) is 144 Å². The first-order valence-electron chi connectivity index (χ1n) is 10.1. The second-order valence-electron chi connectivity index (χ2n) is 7.50. The number of piperidine rings is 1. The van der Waals surface area contributed by atoms with Gasteiger partial charge in [0.25, 0.3) is 11.8 Å². The molecular weight excluding hydrogens is 410 g/mol. The Balaban J connectivity index is 1.81. The van der Waals surface area contributed by atoms with Crippen molar-refractivity contribution < 1.29 is 27.6 Å². The number of hydrogen-bond donors (Lipinski definition) is 2. The van der Waals surface area contributed by atoms with E-state index in [0.717, 1.165) is 30.6 Å². The number of nitrogens with zero attached hydrogens (tertiary/aromatic N) is 1. The summed E-state index contributed by atoms with van der Waals surface area (Å²) in [5.41, 5.74) is 5.23. The molecule has 0 spiro atoms. The van der Waals surface area contributed by atoms with Crippen molar-refractivity contribution in [3.05, 3.63) is 29.3 Å². The van der Waals surface area contributed by atoms with Crippen LogP contribution in [-0.2, 0) is 19.4 Å². The molecule has 30 heavy (non-hydrogen) atoms. The second kappa shape index (κ2) is 9.05. The molecule has 3 N–H and O–H groups in total. The van der Waals surface area contributed by atoms with Crippen molar-refractivity contribution in [2.24, 2.45) is 5.73 Å². The first-order chi connectivity index (χ1) is 14.3. The van der Waals surface area contributed by atoms with Crippen molar-refractivity contribution in [1.29, 1.82) is 0 Å². The zero-order valence-electron chi connectivity index (χ0n) is 16.6. The van der Waals surface area contributed by atoms with E-state index in [1.165, 1.54) is 18.2 Å². The molecule has 0 aliphatic carbocycles. The maximum absolute atomic E-state index is 13.0. The van der Waals surface area contributed by atoms with Crippen molar-refractivity contribution in [3.63, 3.8) is 0 Å². The van der Waals surface area contributed by atoms with Crippen molar-refractivity contribution >= 4 is 33.5 Å². The van der Waals surface area contributed by atoms with E-state index >= 15 is 0 Å². The lowest BCUT2D eigenvalue weighted by Gasteiger charge is -2.27. The van der Waals surface area contributed by atoms with Gasteiger partial charge in [-0.3, -0.25) is 29.4 Å². The fourth-order valence-electron chi connectivity index (χ4n) is 3.82. The highest BCUT2D eigenvalue weighted by Gasteiger charge is 2.46. The molecule has 2 heterocycles. The predicted molar refractivity (Wildman–Crippen MR) is 107 cm³/mol. The fraction of sp³-hybridized carbons (Fsp3) is 0.500. The van der Waals surface area contributed by atoms with Gasteiger partial charge < -0.3 is 5.73 Å². The third kappa shape index (κ3) is 4.29. The molecule has 0 aromatic heterocycles. The largest absolute Gasteiger partial charge is 0.330 e. The SMILES string of the molecule is NCCCCCCCS(=O)(=O)c1cccc2c1C(=O)N(C1CCC(=O)NC1=O)C2=O. The Bertz CT molecular complexity index is 988. The molecule has 1 aromatic carbocycles. The Labute approximate surface area is 174 Å². The summed E-state index contributed by atoms with van der Waals surface area (Å²) >= 11 is 0. The van der Waals surface area contributed by atoms with Crippen LogP contribution in [0, 0.1) is 0 Å². The molecule has 1 unspecified atom stereocenters. The fourth-order valence-corrected chi connectivity index (χ4v) is 5.42. The molecule has 1 fully saturated rings. The van der Waals surface area contributed by atoms with E-state index in [0.29, 0.717) is 13.0 Å². The van der Waals surface area contributed by atoms with Crippen molar-refractivity contribution in [2.75, 3.05) is 12.3 Å². The van der Waals surface area contributed by atoms with E-state index in [9.17, 15) is 27.6 Å². The number of nitrogens with one attached hydrogen (secondary N) is 1. The lowest BCUT2D eigenvalue weighted by molar-refractivity contribution is -0.136. The third-order valence-corrected chi connectivity index (χ3v) is 7.22. The highest BCUT2D eigenvalue weighted by atomic mass is 32.2. The van der Waals surface area contributed by atoms with Crippen LogP contribution in [0.1, 0.15) is 65.7 Å². The number of carbonyl (C=O) groups is 4. The molecule has 9 nitrogen and oxygen atoms in total. The van der Waals surface area contributed by atoms with Crippen LogP contribution in [-0.4, -0.2) is 55.3 Å². The molecule has 3 rings (SSSR count). The Hall–Kier alpha value is -2.59. The van der Waals surface area contributed by atoms with Gasteiger partial charge in [0, 0.05) is 6.42 Å². The number of benzene rings is 1. The number of nitrogens with two attached hydrogens (primary N) is 1. The van der Waals surface area contributed by atoms with Gasteiger partial charge in [0.15, 0.2) is 9.84 Å². The number of carbonyl (C=O) groups excluding carboxylic acids is 4. The van der Waals surface area contributed by atoms with Gasteiger partial charge in [-0.2, -0.15) is 0 Å². The Morgan fingerprint density at radius 2 is 1.70 bits per heavy atom. The van der Waals surface area contributed by atoms with Crippen LogP contribution in [0.2, 0.25) is 0 Å². The second-order valence-corrected chi connectivity index (χ2v) is 9.58. The molecule has 2 aliphatic heterocycles. The first kappa shape index (κ1) is 22.1. The van der Waals surface area contributed by atoms with Crippen LogP contribution in [0.15, 0.2) is 23.1 Å². The van der Waals surface area contributed by atoms with E-state index in [4.69, 9.17) is 5.73 Å². The summed E-state index contributed by atoms with van der Waals surface area (Å²) in [4.78, 5) is 50.0. The minimum atomic E-state index is -3.79. The van der Waals surface area contributed by atoms with Gasteiger partial charge in [0.2, 0.25) is 11.8 Å². The van der Waals surface area contributed by atoms with Crippen molar-refractivity contribution in [2.45, 2.75) is 55.9 Å². The minimum absolute atomic E-state index is 0.000869. The molecule has 4 amide bonds. The van der Waals surface area contributed by atoms with E-state index in [2.05, 4.69) is 5.32 Å². The monoisotopic (exact) mass is 435 g/mol. The van der Waals surface area contributed by atoms with Crippen LogP contribution in [0.25, 0.3) is 0 Å². The van der Waals surface area contributed by atoms with Gasteiger partial charge in [-0.15, -0.1) is 0 Å². The molecule has 1 aromatic rings. The zero-order chi connectivity index (χ0) is 21.9. The number of unbranched alkanes of at least 4 members (excludes halogenated alkanes) is 4. The van der Waals surface area contributed by atoms with Gasteiger partial charge in [-0.25, -0.2) is 8.42 Å². The number of sulfone groups is 1. The Kier molecular flexibility index (Phi) is 6.67. The van der Waals surface area contributed by atoms with Crippen LogP contribution in [0.3, 0.4) is 0 Å². The quantitative estimate of drug-likeness (QED) is 0.431. The summed E-state index contributed by atoms with van der Waals surface area (Å²) in [5, 5.41) is 2.12. The molecule has 0 bridgehead atoms. The van der Waals surface area contributed by atoms with E-state index in [1.54, 1.807) is 0 Å². The van der Waals surface area contributed by atoms with Gasteiger partial charge in [0.1, 0.15) is 6.04 Å². The summed E-state index contributed by atoms with van der Waals surface area (Å²) in [6.45, 7) is 0.605. The lowest BCUT2D eigenvalue weighted by Crippen LogP contribution is -2.54. The third-order valence-electron chi connectivity index (χ3n) is 5.38. The number of rotatable bonds is 9. The molecular formula is C20H25N3O6S. The molecule has 0 saturated carbocycles. The Morgan fingerprint density at radius 3 is 2.40 bits per heavy atom. The average molecular weight is 436 g/mol. The van der Waals surface area contributed by atoms with Crippen LogP contribution in [0.4, 0.5) is 0 Å². The summed E-state index contributed by atoms with van der Waals surface area (Å²) < 4.78 is 25.8. The highest BCUT2D eigenvalue weighted by Crippen LogP contribution is 2.32. The molecule has 0 radical (unpaired) electrons. The molecule has 10 heteroatoms. The number of hydrogen-bond acceptors (Lipinski definition) is 7. The minimum Gasteiger partial charge on any atom is -0.330 e. The van der Waals surface area contributed by atoms with Gasteiger partial charge in [-0.1, -0.05) is 25.3 Å². The number of imide groups is 2. The molecule has 162 valence electrons. The number of fused-ring (bicyclic) bond motifs is 1. The zero-order valence-corrected chi connectivity index (χ0v) is 17.4. The standard InChI is InChI=1S/C20H25N3O6S/c21-11-4-2-1-3-5-12-30(28,29)15-8-6-7-13-17(15)20(27)23(19(13)26)14-9-10-16(24)22-18(14)25/h6-8,14H,1-5,9-12,21H2,(H,22,24,25). The summed E-state index contributed by atoms with van der Waals surface area (Å²) in [6.07, 6.45) is 3.89. The van der Waals surface area contributed by atoms with Gasteiger partial charge in [0.05, 0.1) is 21.8 Å². The van der Waals surface area contributed by atoms with Crippen LogP contribution < -0.4 is 11.1 Å². The smallest absolute Gasteiger partial charge is 0.263 e. The summed E-state index contributed by atoms with van der Waals surface area (Å²) in [5.74, 6) is -2.87. The maximum atomic E-state index is 13.0. The normalized spacial score (nSPS) is 19.2. The van der Waals surface area contributed by atoms with E-state index in [-0.39, 0.29) is 34.6 Å². The van der Waals surface area contributed by atoms with Crippen LogP contribution in [0.5, 0.6) is 0 Å². The van der Waals surface area contributed by atoms with E-state index in [1.807, 2.05) is 0 Å². The summed E-state index contributed by atoms with van der Waals surface area (Å²) in [6, 6.07) is 2.99. The van der Waals surface area contributed by atoms with Crippen LogP contribution >= 0.6 is 0 Å². The number of amides is 4. The first-order valence-corrected chi connectivity index (χ1v) is 11.7. The van der Waals surface area contributed by atoms with Crippen molar-refractivity contribution in [1.82, 2.24) is 10.2 Å². The van der Waals surface area contributed by atoms with E-state index < -0.39 is 39.5 Å². The van der Waals surface area contributed by atoms with Gasteiger partial charge in [-0.05, 0) is 37.9 Å². The average Bonchev–Trinajstić information content (AvgIpc) is 2.95. The summed E-state index contributed by atoms with van der Waals surface area (Å²) in [7, 11) is -3.79. The molecule has 1 atom stereocenters. The highest BCUT2D eigenvalue weighted by molar-refractivity contribution is 7.91. The Morgan fingerprint density at radius 1 is 1.00 bits per heavy atom. The van der Waals surface area contributed by atoms with Crippen molar-refractivity contribution in [3.8, 4) is 0 Å². The van der Waals surface area contributed by atoms with Gasteiger partial charge >= 0.3 is 0 Å². The molecule has 2 aliphatic rings.